The Morgan fingerprint density at radius 3 is 2.60 bits per heavy atom. The molecule has 0 aliphatic heterocycles. The highest BCUT2D eigenvalue weighted by Crippen LogP contribution is 2.29. The fourth-order valence-electron chi connectivity index (χ4n) is 2.72. The molecule has 4 heteroatoms. The van der Waals surface area contributed by atoms with Crippen LogP contribution in [0.15, 0.2) is 40.6 Å². The van der Waals surface area contributed by atoms with Crippen LogP contribution in [0.3, 0.4) is 0 Å². The van der Waals surface area contributed by atoms with E-state index in [0.29, 0.717) is 18.5 Å². The van der Waals surface area contributed by atoms with Crippen molar-refractivity contribution < 1.29 is 11.0 Å². The van der Waals surface area contributed by atoms with Crippen molar-refractivity contribution in [1.29, 1.82) is 0 Å². The summed E-state index contributed by atoms with van der Waals surface area (Å²) in [5, 5.41) is 0. The van der Waals surface area contributed by atoms with Crippen LogP contribution in [-0.4, -0.2) is 29.8 Å². The molecule has 0 saturated carbocycles. The van der Waals surface area contributed by atoms with E-state index in [0.717, 1.165) is 22.3 Å². The van der Waals surface area contributed by atoms with Gasteiger partial charge in [-0.25, -0.2) is 0 Å². The van der Waals surface area contributed by atoms with Gasteiger partial charge in [-0.2, -0.15) is 0 Å². The monoisotopic (exact) mass is 342 g/mol. The average molecular weight is 342 g/mol. The van der Waals surface area contributed by atoms with Gasteiger partial charge in [-0.3, -0.25) is 19.6 Å². The number of rotatable bonds is 6. The van der Waals surface area contributed by atoms with Gasteiger partial charge in [-0.15, -0.1) is 0 Å². The molecular weight excluding hydrogens is 312 g/mol. The molecule has 2 rings (SSSR count). The molecule has 0 radical (unpaired) electrons. The first kappa shape index (κ1) is 20.7. The molecule has 0 fully saturated rings. The molecule has 1 aliphatic carbocycles. The summed E-state index contributed by atoms with van der Waals surface area (Å²) < 4.78 is 0. The van der Waals surface area contributed by atoms with E-state index >= 15 is 0 Å². The van der Waals surface area contributed by atoms with Gasteiger partial charge in [0.05, 0.1) is 0 Å². The Labute approximate surface area is 152 Å². The Hall–Kier alpha value is -2.36. The summed E-state index contributed by atoms with van der Waals surface area (Å²) in [4.78, 5) is 32.3. The van der Waals surface area contributed by atoms with Gasteiger partial charge in [0.2, 0.25) is 0 Å². The first-order valence-corrected chi connectivity index (χ1v) is 8.75. The number of aliphatic imine (C=N–C) groups is 1. The summed E-state index contributed by atoms with van der Waals surface area (Å²) in [6.07, 6.45) is 8.20. The molecule has 0 N–H and O–H groups in total. The van der Waals surface area contributed by atoms with Crippen LogP contribution >= 0.6 is 0 Å². The summed E-state index contributed by atoms with van der Waals surface area (Å²) in [5.41, 5.74) is 4.19. The van der Waals surface area contributed by atoms with Crippen LogP contribution in [0.25, 0.3) is 0 Å². The van der Waals surface area contributed by atoms with E-state index in [1.165, 1.54) is 0 Å². The quantitative estimate of drug-likeness (QED) is 0.553. The third-order valence-corrected chi connectivity index (χ3v) is 4.20. The fraction of sp³-hybridized carbons (Fsp3) is 0.429. The molecule has 1 aromatic rings. The van der Waals surface area contributed by atoms with Crippen molar-refractivity contribution in [1.82, 2.24) is 4.98 Å². The van der Waals surface area contributed by atoms with Crippen LogP contribution in [0.5, 0.6) is 0 Å². The van der Waals surface area contributed by atoms with Crippen LogP contribution in [0.4, 0.5) is 0 Å². The molecule has 136 valence electrons. The van der Waals surface area contributed by atoms with Gasteiger partial charge in [0, 0.05) is 32.9 Å². The molecule has 0 aromatic carbocycles. The van der Waals surface area contributed by atoms with Crippen molar-refractivity contribution in [2.45, 2.75) is 47.5 Å². The van der Waals surface area contributed by atoms with Crippen LogP contribution in [-0.2, 0) is 4.79 Å². The number of carbonyl (C=O) groups excluding carboxylic acids is 2. The molecule has 1 aromatic heterocycles. The molecule has 4 nitrogen and oxygen atoms in total. The van der Waals surface area contributed by atoms with Gasteiger partial charge in [0.1, 0.15) is 5.69 Å². The standard InChI is InChI=1S/C19H22N2O2.C2H6.H2/c1-12-7-8-21-19(17(12)11-20-4)18(23)9-13(2)15-5-6-16(10-15)14(3)22;1-2;/h5-8,11,13H,9-10H2,1-4H3;1-2H3;1H. The summed E-state index contributed by atoms with van der Waals surface area (Å²) in [7, 11) is 1.68. The number of hydrogen-bond donors (Lipinski definition) is 0. The van der Waals surface area contributed by atoms with E-state index in [1.54, 1.807) is 26.4 Å². The Bertz CT molecular complexity index is 734. The molecule has 0 spiro atoms. The van der Waals surface area contributed by atoms with E-state index in [1.807, 2.05) is 45.9 Å². The Morgan fingerprint density at radius 2 is 2.04 bits per heavy atom. The summed E-state index contributed by atoms with van der Waals surface area (Å²) in [6.45, 7) is 9.54. The zero-order valence-electron chi connectivity index (χ0n) is 16.1. The van der Waals surface area contributed by atoms with Gasteiger partial charge >= 0.3 is 0 Å². The largest absolute Gasteiger partial charge is 0.296 e. The maximum Gasteiger partial charge on any atom is 0.182 e. The molecule has 1 heterocycles. The number of aromatic nitrogens is 1. The maximum atomic E-state index is 12.6. The van der Waals surface area contributed by atoms with Gasteiger partial charge in [0.25, 0.3) is 0 Å². The lowest BCUT2D eigenvalue weighted by Gasteiger charge is -2.14. The fourth-order valence-corrected chi connectivity index (χ4v) is 2.72. The van der Waals surface area contributed by atoms with Crippen LogP contribution in [0, 0.1) is 12.8 Å². The number of hydrogen-bond acceptors (Lipinski definition) is 4. The molecule has 0 saturated heterocycles. The van der Waals surface area contributed by atoms with Crippen molar-refractivity contribution in [3.05, 3.63) is 52.4 Å². The van der Waals surface area contributed by atoms with Crippen LogP contribution < -0.4 is 0 Å². The van der Waals surface area contributed by atoms with Crippen molar-refractivity contribution in [3.8, 4) is 0 Å². The normalized spacial score (nSPS) is 14.5. The molecule has 1 aliphatic rings. The number of aryl methyl sites for hydroxylation is 1. The van der Waals surface area contributed by atoms with Crippen molar-refractivity contribution in [2.24, 2.45) is 10.9 Å². The number of carbonyl (C=O) groups is 2. The molecule has 0 amide bonds. The molecule has 25 heavy (non-hydrogen) atoms. The van der Waals surface area contributed by atoms with E-state index in [2.05, 4.69) is 9.98 Å². The predicted octanol–water partition coefficient (Wildman–Crippen LogP) is 4.77. The second-order valence-corrected chi connectivity index (χ2v) is 5.97. The van der Waals surface area contributed by atoms with Gasteiger partial charge in [-0.1, -0.05) is 38.5 Å². The SMILES string of the molecule is CC.CN=Cc1c(C)ccnc1C(=O)CC(C)C1=CC=C(C(C)=O)C1.[HH]. The highest BCUT2D eigenvalue weighted by molar-refractivity contribution is 6.03. The topological polar surface area (TPSA) is 59.4 Å². The second kappa shape index (κ2) is 9.82. The number of nitrogens with zero attached hydrogens (tertiary/aromatic N) is 2. The predicted molar refractivity (Wildman–Crippen MR) is 106 cm³/mol. The third kappa shape index (κ3) is 5.31. The first-order valence-electron chi connectivity index (χ1n) is 8.75. The number of ketones is 2. The number of pyridine rings is 1. The van der Waals surface area contributed by atoms with Gasteiger partial charge in [-0.05, 0) is 43.4 Å². The lowest BCUT2D eigenvalue weighted by Crippen LogP contribution is -2.13. The summed E-state index contributed by atoms with van der Waals surface area (Å²) >= 11 is 0. The van der Waals surface area contributed by atoms with E-state index in [9.17, 15) is 9.59 Å². The second-order valence-electron chi connectivity index (χ2n) is 5.97. The summed E-state index contributed by atoms with van der Waals surface area (Å²) in [5.74, 6) is 0.189. The van der Waals surface area contributed by atoms with E-state index in [-0.39, 0.29) is 18.9 Å². The molecular formula is C21H30N2O2. The third-order valence-electron chi connectivity index (χ3n) is 4.20. The van der Waals surface area contributed by atoms with Crippen molar-refractivity contribution in [2.75, 3.05) is 7.05 Å². The average Bonchev–Trinajstić information content (AvgIpc) is 3.09. The van der Waals surface area contributed by atoms with Gasteiger partial charge in [0.15, 0.2) is 11.6 Å². The molecule has 1 atom stereocenters. The smallest absolute Gasteiger partial charge is 0.182 e. The van der Waals surface area contributed by atoms with E-state index in [4.69, 9.17) is 0 Å². The Balaban J connectivity index is 0.00000201. The zero-order valence-corrected chi connectivity index (χ0v) is 16.1. The van der Waals surface area contributed by atoms with E-state index < -0.39 is 0 Å². The molecule has 1 unspecified atom stereocenters. The minimum atomic E-state index is 0. The lowest BCUT2D eigenvalue weighted by molar-refractivity contribution is -0.113. The highest BCUT2D eigenvalue weighted by atomic mass is 16.1. The number of allylic oxidation sites excluding steroid dienone is 4. The highest BCUT2D eigenvalue weighted by Gasteiger charge is 2.22. The van der Waals surface area contributed by atoms with Crippen molar-refractivity contribution >= 4 is 17.8 Å². The minimum Gasteiger partial charge on any atom is -0.296 e. The number of Topliss-reactive ketones (excluding diaryl/α,β-unsaturated/α-hetero) is 2. The minimum absolute atomic E-state index is 0. The van der Waals surface area contributed by atoms with Crippen molar-refractivity contribution in [3.63, 3.8) is 0 Å². The Kier molecular flexibility index (Phi) is 8.12. The lowest BCUT2D eigenvalue weighted by atomic mass is 9.91. The summed E-state index contributed by atoms with van der Waals surface area (Å²) in [6, 6.07) is 1.87. The van der Waals surface area contributed by atoms with Crippen LogP contribution in [0.2, 0.25) is 0 Å². The maximum absolute atomic E-state index is 12.6. The van der Waals surface area contributed by atoms with Gasteiger partial charge < -0.3 is 0 Å². The van der Waals surface area contributed by atoms with Crippen LogP contribution in [0.1, 0.15) is 63.6 Å². The first-order chi connectivity index (χ1) is 11.9. The molecule has 0 bridgehead atoms. The zero-order chi connectivity index (χ0) is 19.0. The Morgan fingerprint density at radius 1 is 1.36 bits per heavy atom.